The Morgan fingerprint density at radius 3 is 2.29 bits per heavy atom. The van der Waals surface area contributed by atoms with Crippen LogP contribution in [0.5, 0.6) is 0 Å². The van der Waals surface area contributed by atoms with Crippen LogP contribution in [-0.2, 0) is 4.79 Å². The minimum Gasteiger partial charge on any atom is -0.378 e. The number of hydrogen-bond acceptors (Lipinski definition) is 3. The quantitative estimate of drug-likeness (QED) is 0.466. The molecule has 0 saturated heterocycles. The second-order valence-electron chi connectivity index (χ2n) is 3.13. The van der Waals surface area contributed by atoms with E-state index in [1.165, 1.54) is 6.08 Å². The minimum atomic E-state index is 0.685. The molecule has 0 heterocycles. The number of allylic oxidation sites excluding steroid dienone is 1. The van der Waals surface area contributed by atoms with Crippen LogP contribution in [0.15, 0.2) is 30.3 Å². The van der Waals surface area contributed by atoms with Crippen molar-refractivity contribution in [3.05, 3.63) is 35.9 Å². The molecule has 0 aliphatic carbocycles. The average molecular weight is 207 g/mol. The Hall–Kier alpha value is -1.22. The Bertz CT molecular complexity index is 341. The number of thiol groups is 1. The van der Waals surface area contributed by atoms with Gasteiger partial charge in [0.2, 0.25) is 0 Å². The third kappa shape index (κ3) is 2.64. The molecule has 0 aromatic heterocycles. The Labute approximate surface area is 89.6 Å². The monoisotopic (exact) mass is 207 g/mol. The molecule has 3 heteroatoms. The predicted octanol–water partition coefficient (Wildman–Crippen LogP) is 2.22. The lowest BCUT2D eigenvalue weighted by Crippen LogP contribution is -2.07. The van der Waals surface area contributed by atoms with Crippen LogP contribution in [0.4, 0.5) is 5.69 Å². The van der Waals surface area contributed by atoms with Crippen LogP contribution in [0.3, 0.4) is 0 Å². The maximum absolute atomic E-state index is 10.2. The number of rotatable bonds is 3. The third-order valence-electron chi connectivity index (χ3n) is 1.91. The lowest BCUT2D eigenvalue weighted by molar-refractivity contribution is -0.104. The van der Waals surface area contributed by atoms with Gasteiger partial charge in [0, 0.05) is 24.7 Å². The summed E-state index contributed by atoms with van der Waals surface area (Å²) in [4.78, 5) is 12.9. The van der Waals surface area contributed by atoms with Gasteiger partial charge in [0.1, 0.15) is 6.29 Å². The van der Waals surface area contributed by atoms with Gasteiger partial charge in [-0.2, -0.15) is 0 Å². The first-order valence-electron chi connectivity index (χ1n) is 4.27. The zero-order chi connectivity index (χ0) is 10.6. The van der Waals surface area contributed by atoms with Crippen molar-refractivity contribution in [3.8, 4) is 0 Å². The lowest BCUT2D eigenvalue weighted by Gasteiger charge is -2.12. The fraction of sp³-hybridized carbons (Fsp3) is 0.182. The van der Waals surface area contributed by atoms with E-state index in [9.17, 15) is 4.79 Å². The fourth-order valence-electron chi connectivity index (χ4n) is 1.09. The van der Waals surface area contributed by atoms with Gasteiger partial charge in [0.05, 0.1) is 0 Å². The topological polar surface area (TPSA) is 20.3 Å². The van der Waals surface area contributed by atoms with Gasteiger partial charge in [-0.25, -0.2) is 0 Å². The molecule has 0 radical (unpaired) electrons. The molecule has 0 fully saturated rings. The van der Waals surface area contributed by atoms with Crippen molar-refractivity contribution in [1.82, 2.24) is 0 Å². The first-order chi connectivity index (χ1) is 6.65. The number of anilines is 1. The second kappa shape index (κ2) is 4.86. The van der Waals surface area contributed by atoms with Crippen LogP contribution < -0.4 is 4.90 Å². The molecule has 74 valence electrons. The van der Waals surface area contributed by atoms with Crippen LogP contribution in [-0.4, -0.2) is 20.4 Å². The molecule has 2 nitrogen and oxygen atoms in total. The van der Waals surface area contributed by atoms with Crippen molar-refractivity contribution >= 4 is 29.5 Å². The first kappa shape index (κ1) is 10.9. The zero-order valence-corrected chi connectivity index (χ0v) is 9.16. The van der Waals surface area contributed by atoms with Crippen molar-refractivity contribution in [2.45, 2.75) is 0 Å². The fourth-order valence-corrected chi connectivity index (χ4v) is 1.30. The summed E-state index contributed by atoms with van der Waals surface area (Å²) in [6, 6.07) is 7.86. The largest absolute Gasteiger partial charge is 0.378 e. The van der Waals surface area contributed by atoms with Gasteiger partial charge in [-0.1, -0.05) is 12.1 Å². The third-order valence-corrected chi connectivity index (χ3v) is 2.31. The maximum Gasteiger partial charge on any atom is 0.143 e. The summed E-state index contributed by atoms with van der Waals surface area (Å²) >= 11 is 4.20. The maximum atomic E-state index is 10.2. The average Bonchev–Trinajstić information content (AvgIpc) is 2.18. The minimum absolute atomic E-state index is 0.685. The van der Waals surface area contributed by atoms with Crippen LogP contribution in [0.25, 0.3) is 4.91 Å². The number of carbonyl (C=O) groups excluding carboxylic acids is 1. The van der Waals surface area contributed by atoms with Crippen molar-refractivity contribution in [2.24, 2.45) is 0 Å². The smallest absolute Gasteiger partial charge is 0.143 e. The van der Waals surface area contributed by atoms with Gasteiger partial charge in [0.25, 0.3) is 0 Å². The molecule has 0 atom stereocenters. The Kier molecular flexibility index (Phi) is 3.77. The van der Waals surface area contributed by atoms with E-state index in [0.717, 1.165) is 17.5 Å². The summed E-state index contributed by atoms with van der Waals surface area (Å²) in [5.74, 6) is 0. The van der Waals surface area contributed by atoms with E-state index in [0.29, 0.717) is 4.91 Å². The molecular formula is C11H13NOS. The molecule has 0 spiro atoms. The Morgan fingerprint density at radius 2 is 1.86 bits per heavy atom. The summed E-state index contributed by atoms with van der Waals surface area (Å²) < 4.78 is 0. The zero-order valence-electron chi connectivity index (χ0n) is 8.27. The van der Waals surface area contributed by atoms with Crippen molar-refractivity contribution in [2.75, 3.05) is 19.0 Å². The molecule has 0 N–H and O–H groups in total. The number of carbonyl (C=O) groups is 1. The predicted molar refractivity (Wildman–Crippen MR) is 63.8 cm³/mol. The van der Waals surface area contributed by atoms with E-state index in [1.54, 1.807) is 0 Å². The molecule has 1 aromatic rings. The van der Waals surface area contributed by atoms with Gasteiger partial charge < -0.3 is 4.90 Å². The molecule has 14 heavy (non-hydrogen) atoms. The second-order valence-corrected chi connectivity index (χ2v) is 3.61. The number of aldehydes is 1. The highest BCUT2D eigenvalue weighted by atomic mass is 32.1. The van der Waals surface area contributed by atoms with Gasteiger partial charge in [-0.15, -0.1) is 12.6 Å². The van der Waals surface area contributed by atoms with E-state index in [1.807, 2.05) is 43.3 Å². The SMILES string of the molecule is CN(C)c1ccc(/C(S)=C/C=O)cc1. The molecule has 0 aliphatic rings. The summed E-state index contributed by atoms with van der Waals surface area (Å²) in [5.41, 5.74) is 2.08. The van der Waals surface area contributed by atoms with E-state index >= 15 is 0 Å². The van der Waals surface area contributed by atoms with Crippen molar-refractivity contribution in [3.63, 3.8) is 0 Å². The Balaban J connectivity index is 2.93. The van der Waals surface area contributed by atoms with Gasteiger partial charge >= 0.3 is 0 Å². The van der Waals surface area contributed by atoms with E-state index < -0.39 is 0 Å². The van der Waals surface area contributed by atoms with Crippen LogP contribution in [0.1, 0.15) is 5.56 Å². The molecule has 1 rings (SSSR count). The summed E-state index contributed by atoms with van der Waals surface area (Å²) in [6.07, 6.45) is 2.18. The summed E-state index contributed by atoms with van der Waals surface area (Å²) in [7, 11) is 3.97. The highest BCUT2D eigenvalue weighted by Crippen LogP contribution is 2.20. The lowest BCUT2D eigenvalue weighted by atomic mass is 10.2. The molecule has 1 aromatic carbocycles. The molecule has 0 amide bonds. The Morgan fingerprint density at radius 1 is 1.29 bits per heavy atom. The molecule has 0 unspecified atom stereocenters. The standard InChI is InChI=1S/C11H13NOS/c1-12(2)10-5-3-9(4-6-10)11(14)7-8-13/h3-8,14H,1-2H3/b11-7-. The van der Waals surface area contributed by atoms with Crippen molar-refractivity contribution < 1.29 is 4.79 Å². The number of nitrogens with zero attached hydrogens (tertiary/aromatic N) is 1. The van der Waals surface area contributed by atoms with E-state index in [-0.39, 0.29) is 0 Å². The first-order valence-corrected chi connectivity index (χ1v) is 4.72. The van der Waals surface area contributed by atoms with E-state index in [4.69, 9.17) is 0 Å². The molecule has 0 aliphatic heterocycles. The van der Waals surface area contributed by atoms with Crippen LogP contribution >= 0.6 is 12.6 Å². The highest BCUT2D eigenvalue weighted by Gasteiger charge is 1.97. The molecular weight excluding hydrogens is 194 g/mol. The normalized spacial score (nSPS) is 11.2. The van der Waals surface area contributed by atoms with Gasteiger partial charge in [0.15, 0.2) is 0 Å². The highest BCUT2D eigenvalue weighted by molar-refractivity contribution is 7.90. The molecule has 0 bridgehead atoms. The van der Waals surface area contributed by atoms with Crippen LogP contribution in [0.2, 0.25) is 0 Å². The number of benzene rings is 1. The number of hydrogen-bond donors (Lipinski definition) is 1. The summed E-state index contributed by atoms with van der Waals surface area (Å²) in [5, 5.41) is 0. The van der Waals surface area contributed by atoms with Crippen LogP contribution in [0, 0.1) is 0 Å². The van der Waals surface area contributed by atoms with E-state index in [2.05, 4.69) is 12.6 Å². The molecule has 0 saturated carbocycles. The summed E-state index contributed by atoms with van der Waals surface area (Å²) in [6.45, 7) is 0. The van der Waals surface area contributed by atoms with Crippen molar-refractivity contribution in [1.29, 1.82) is 0 Å². The van der Waals surface area contributed by atoms with Gasteiger partial charge in [-0.05, 0) is 23.8 Å². The van der Waals surface area contributed by atoms with Gasteiger partial charge in [-0.3, -0.25) is 4.79 Å².